The average Bonchev–Trinajstić information content (AvgIpc) is 1.99. The SMILES string of the molecule is N#CCSCC(=O)N1CC(O)C1. The molecule has 0 spiro atoms. The van der Waals surface area contributed by atoms with Gasteiger partial charge >= 0.3 is 0 Å². The van der Waals surface area contributed by atoms with E-state index in [1.807, 2.05) is 6.07 Å². The highest BCUT2D eigenvalue weighted by Crippen LogP contribution is 2.10. The van der Waals surface area contributed by atoms with Crippen molar-refractivity contribution in [2.24, 2.45) is 0 Å². The number of nitrogens with zero attached hydrogens (tertiary/aromatic N) is 2. The van der Waals surface area contributed by atoms with Crippen LogP contribution in [0.2, 0.25) is 0 Å². The average molecular weight is 186 g/mol. The van der Waals surface area contributed by atoms with Crippen LogP contribution in [0.15, 0.2) is 0 Å². The first-order chi connectivity index (χ1) is 5.74. The molecule has 1 saturated heterocycles. The lowest BCUT2D eigenvalue weighted by Gasteiger charge is -2.35. The molecular weight excluding hydrogens is 176 g/mol. The Labute approximate surface area is 75.2 Å². The molecule has 0 aliphatic carbocycles. The van der Waals surface area contributed by atoms with Crippen LogP contribution in [0.1, 0.15) is 0 Å². The van der Waals surface area contributed by atoms with Crippen LogP contribution in [-0.2, 0) is 4.79 Å². The van der Waals surface area contributed by atoms with Gasteiger partial charge in [-0.25, -0.2) is 0 Å². The Balaban J connectivity index is 2.09. The smallest absolute Gasteiger partial charge is 0.232 e. The van der Waals surface area contributed by atoms with E-state index >= 15 is 0 Å². The molecule has 1 rings (SSSR count). The van der Waals surface area contributed by atoms with Gasteiger partial charge in [-0.05, 0) is 0 Å². The second-order valence-corrected chi connectivity index (χ2v) is 3.59. The van der Waals surface area contributed by atoms with Crippen molar-refractivity contribution in [3.05, 3.63) is 0 Å². The van der Waals surface area contributed by atoms with E-state index in [1.54, 1.807) is 4.90 Å². The van der Waals surface area contributed by atoms with Gasteiger partial charge < -0.3 is 10.0 Å². The van der Waals surface area contributed by atoms with Crippen LogP contribution in [-0.4, -0.2) is 46.6 Å². The molecular formula is C7H10N2O2S. The monoisotopic (exact) mass is 186 g/mol. The predicted octanol–water partition coefficient (Wildman–Crippen LogP) is -0.554. The van der Waals surface area contributed by atoms with Crippen molar-refractivity contribution in [3.8, 4) is 6.07 Å². The number of hydrogen-bond donors (Lipinski definition) is 1. The van der Waals surface area contributed by atoms with Gasteiger partial charge in [0.15, 0.2) is 0 Å². The Kier molecular flexibility index (Phi) is 3.38. The molecule has 66 valence electrons. The van der Waals surface area contributed by atoms with Gasteiger partial charge in [0.1, 0.15) is 0 Å². The van der Waals surface area contributed by atoms with E-state index in [1.165, 1.54) is 11.8 Å². The Morgan fingerprint density at radius 3 is 2.92 bits per heavy atom. The molecule has 0 aromatic rings. The first-order valence-electron chi connectivity index (χ1n) is 3.64. The molecule has 0 saturated carbocycles. The Morgan fingerprint density at radius 1 is 1.75 bits per heavy atom. The molecule has 12 heavy (non-hydrogen) atoms. The molecule has 1 aliphatic rings. The number of hydrogen-bond acceptors (Lipinski definition) is 4. The van der Waals surface area contributed by atoms with Crippen LogP contribution < -0.4 is 0 Å². The standard InChI is InChI=1S/C7H10N2O2S/c8-1-2-12-5-7(11)9-3-6(10)4-9/h6,10H,2-5H2. The maximum atomic E-state index is 11.1. The highest BCUT2D eigenvalue weighted by molar-refractivity contribution is 8.00. The maximum Gasteiger partial charge on any atom is 0.232 e. The van der Waals surface area contributed by atoms with Crippen LogP contribution in [0, 0.1) is 11.3 Å². The van der Waals surface area contributed by atoms with Crippen molar-refractivity contribution < 1.29 is 9.90 Å². The third kappa shape index (κ3) is 2.40. The van der Waals surface area contributed by atoms with Gasteiger partial charge in [0, 0.05) is 13.1 Å². The number of nitriles is 1. The van der Waals surface area contributed by atoms with Gasteiger partial charge in [-0.3, -0.25) is 4.79 Å². The van der Waals surface area contributed by atoms with E-state index in [2.05, 4.69) is 0 Å². The second-order valence-electron chi connectivity index (χ2n) is 2.60. The minimum Gasteiger partial charge on any atom is -0.389 e. The molecule has 4 nitrogen and oxygen atoms in total. The molecule has 0 atom stereocenters. The Morgan fingerprint density at radius 2 is 2.42 bits per heavy atom. The minimum atomic E-state index is -0.338. The summed E-state index contributed by atoms with van der Waals surface area (Å²) in [6.07, 6.45) is -0.338. The zero-order chi connectivity index (χ0) is 8.97. The van der Waals surface area contributed by atoms with Gasteiger partial charge in [0.2, 0.25) is 5.91 Å². The molecule has 1 aliphatic heterocycles. The fourth-order valence-electron chi connectivity index (χ4n) is 0.934. The van der Waals surface area contributed by atoms with Crippen molar-refractivity contribution in [2.75, 3.05) is 24.6 Å². The molecule has 1 amide bonds. The van der Waals surface area contributed by atoms with Crippen LogP contribution in [0.25, 0.3) is 0 Å². The van der Waals surface area contributed by atoms with E-state index in [4.69, 9.17) is 10.4 Å². The molecule has 1 heterocycles. The van der Waals surface area contributed by atoms with Gasteiger partial charge in [-0.15, -0.1) is 11.8 Å². The molecule has 0 radical (unpaired) electrons. The number of β-amino-alcohol motifs (C(OH)–C–C–N with tert-alkyl or cyclic N) is 1. The van der Waals surface area contributed by atoms with Crippen LogP contribution in [0.3, 0.4) is 0 Å². The molecule has 1 N–H and O–H groups in total. The summed E-state index contributed by atoms with van der Waals surface area (Å²) in [4.78, 5) is 12.7. The summed E-state index contributed by atoms with van der Waals surface area (Å²) < 4.78 is 0. The lowest BCUT2D eigenvalue weighted by Crippen LogP contribution is -2.54. The summed E-state index contributed by atoms with van der Waals surface area (Å²) in [6, 6.07) is 1.95. The van der Waals surface area contributed by atoms with Crippen LogP contribution >= 0.6 is 11.8 Å². The number of aliphatic hydroxyl groups is 1. The van der Waals surface area contributed by atoms with Crippen molar-refractivity contribution in [1.29, 1.82) is 5.26 Å². The van der Waals surface area contributed by atoms with E-state index < -0.39 is 0 Å². The van der Waals surface area contributed by atoms with Crippen LogP contribution in [0.5, 0.6) is 0 Å². The highest BCUT2D eigenvalue weighted by Gasteiger charge is 2.27. The third-order valence-electron chi connectivity index (χ3n) is 1.61. The van der Waals surface area contributed by atoms with Gasteiger partial charge in [-0.2, -0.15) is 5.26 Å². The summed E-state index contributed by atoms with van der Waals surface area (Å²) in [7, 11) is 0. The number of amides is 1. The lowest BCUT2D eigenvalue weighted by molar-refractivity contribution is -0.138. The van der Waals surface area contributed by atoms with Gasteiger partial charge in [0.25, 0.3) is 0 Å². The van der Waals surface area contributed by atoms with Crippen molar-refractivity contribution in [2.45, 2.75) is 6.10 Å². The first-order valence-corrected chi connectivity index (χ1v) is 4.80. The normalized spacial score (nSPS) is 16.8. The van der Waals surface area contributed by atoms with Gasteiger partial charge in [-0.1, -0.05) is 0 Å². The summed E-state index contributed by atoms with van der Waals surface area (Å²) in [5.74, 6) is 0.711. The third-order valence-corrected chi connectivity index (χ3v) is 2.39. The summed E-state index contributed by atoms with van der Waals surface area (Å²) in [6.45, 7) is 0.901. The topological polar surface area (TPSA) is 64.3 Å². The van der Waals surface area contributed by atoms with E-state index in [0.717, 1.165) is 0 Å². The fraction of sp³-hybridized carbons (Fsp3) is 0.714. The van der Waals surface area contributed by atoms with Crippen molar-refractivity contribution >= 4 is 17.7 Å². The zero-order valence-electron chi connectivity index (χ0n) is 6.56. The number of carbonyl (C=O) groups excluding carboxylic acids is 1. The predicted molar refractivity (Wildman–Crippen MR) is 45.5 cm³/mol. The maximum absolute atomic E-state index is 11.1. The van der Waals surface area contributed by atoms with Crippen molar-refractivity contribution in [3.63, 3.8) is 0 Å². The molecule has 0 aromatic carbocycles. The molecule has 0 unspecified atom stereocenters. The number of rotatable bonds is 3. The molecule has 0 bridgehead atoms. The van der Waals surface area contributed by atoms with Gasteiger partial charge in [0.05, 0.1) is 23.7 Å². The van der Waals surface area contributed by atoms with E-state index in [0.29, 0.717) is 24.6 Å². The first kappa shape index (κ1) is 9.36. The minimum absolute atomic E-state index is 0.0144. The number of carbonyl (C=O) groups is 1. The number of aliphatic hydroxyl groups excluding tert-OH is 1. The number of likely N-dealkylation sites (tertiary alicyclic amines) is 1. The molecule has 0 aromatic heterocycles. The molecule has 1 fully saturated rings. The van der Waals surface area contributed by atoms with Crippen molar-refractivity contribution in [1.82, 2.24) is 4.90 Å². The second kappa shape index (κ2) is 4.33. The summed E-state index contributed by atoms with van der Waals surface area (Å²) >= 11 is 1.31. The van der Waals surface area contributed by atoms with E-state index in [9.17, 15) is 4.79 Å². The number of thioether (sulfide) groups is 1. The molecule has 5 heteroatoms. The fourth-order valence-corrected chi connectivity index (χ4v) is 1.48. The summed E-state index contributed by atoms with van der Waals surface area (Å²) in [5, 5.41) is 17.1. The zero-order valence-corrected chi connectivity index (χ0v) is 7.38. The van der Waals surface area contributed by atoms with E-state index in [-0.39, 0.29) is 12.0 Å². The Hall–Kier alpha value is -0.730. The largest absolute Gasteiger partial charge is 0.389 e. The lowest BCUT2D eigenvalue weighted by atomic mass is 10.2. The Bertz CT molecular complexity index is 208. The quantitative estimate of drug-likeness (QED) is 0.600. The highest BCUT2D eigenvalue weighted by atomic mass is 32.2. The summed E-state index contributed by atoms with van der Waals surface area (Å²) in [5.41, 5.74) is 0. The van der Waals surface area contributed by atoms with Crippen LogP contribution in [0.4, 0.5) is 0 Å².